The van der Waals surface area contributed by atoms with Crippen LogP contribution in [-0.2, 0) is 5.41 Å². The highest BCUT2D eigenvalue weighted by molar-refractivity contribution is 7.80. The van der Waals surface area contributed by atoms with Gasteiger partial charge in [-0.3, -0.25) is 4.99 Å². The van der Waals surface area contributed by atoms with Crippen molar-refractivity contribution in [3.63, 3.8) is 0 Å². The van der Waals surface area contributed by atoms with Crippen molar-refractivity contribution < 1.29 is 0 Å². The third-order valence-electron chi connectivity index (χ3n) is 4.30. The monoisotopic (exact) mass is 296 g/mol. The Hall–Kier alpha value is -1.46. The molecule has 108 valence electrons. The number of hydrogen-bond donors (Lipinski definition) is 0. The van der Waals surface area contributed by atoms with E-state index in [2.05, 4.69) is 82.4 Å². The molecule has 1 heterocycles. The smallest absolute Gasteiger partial charge is 0.0937 e. The van der Waals surface area contributed by atoms with Crippen molar-refractivity contribution in [1.29, 1.82) is 0 Å². The summed E-state index contributed by atoms with van der Waals surface area (Å²) in [4.78, 5) is 4.93. The number of rotatable bonds is 2. The predicted octanol–water partition coefficient (Wildman–Crippen LogP) is 4.63. The first-order valence-electron chi connectivity index (χ1n) is 7.41. The van der Waals surface area contributed by atoms with Crippen LogP contribution in [0.1, 0.15) is 25.0 Å². The lowest BCUT2D eigenvalue weighted by Gasteiger charge is -2.23. The maximum absolute atomic E-state index is 4.93. The molecule has 0 saturated heterocycles. The summed E-state index contributed by atoms with van der Waals surface area (Å²) in [6.07, 6.45) is 0. The first-order chi connectivity index (χ1) is 9.80. The van der Waals surface area contributed by atoms with E-state index in [0.29, 0.717) is 0 Å². The van der Waals surface area contributed by atoms with E-state index in [9.17, 15) is 0 Å². The summed E-state index contributed by atoms with van der Waals surface area (Å²) in [5.74, 6) is 0. The van der Waals surface area contributed by atoms with Gasteiger partial charge in [-0.1, -0.05) is 44.2 Å². The van der Waals surface area contributed by atoms with Crippen LogP contribution in [0.5, 0.6) is 0 Å². The molecule has 0 spiro atoms. The van der Waals surface area contributed by atoms with Gasteiger partial charge in [0, 0.05) is 18.2 Å². The van der Waals surface area contributed by atoms with Crippen molar-refractivity contribution >= 4 is 24.0 Å². The highest BCUT2D eigenvalue weighted by Crippen LogP contribution is 2.46. The second kappa shape index (κ2) is 4.78. The van der Waals surface area contributed by atoms with Crippen molar-refractivity contribution in [1.82, 2.24) is 0 Å². The van der Waals surface area contributed by atoms with Crippen LogP contribution >= 0.6 is 7.26 Å². The summed E-state index contributed by atoms with van der Waals surface area (Å²) in [5, 5.41) is 1.47. The fraction of sp³-hybridized carbons (Fsp3) is 0.316. The zero-order valence-electron chi connectivity index (χ0n) is 13.5. The molecule has 3 rings (SSSR count). The van der Waals surface area contributed by atoms with Crippen molar-refractivity contribution in [2.45, 2.75) is 19.3 Å². The van der Waals surface area contributed by atoms with Gasteiger partial charge in [0.25, 0.3) is 0 Å². The van der Waals surface area contributed by atoms with Crippen molar-refractivity contribution in [3.05, 3.63) is 59.7 Å². The number of aliphatic imine (C=N–C) groups is 1. The Kier molecular flexibility index (Phi) is 3.30. The molecule has 1 aliphatic heterocycles. The number of nitrogens with zero attached hydrogens (tertiary/aromatic N) is 1. The van der Waals surface area contributed by atoms with Crippen LogP contribution in [0.3, 0.4) is 0 Å². The minimum absolute atomic E-state index is 0.0223. The van der Waals surface area contributed by atoms with E-state index in [-0.39, 0.29) is 5.41 Å². The molecule has 0 radical (unpaired) electrons. The van der Waals surface area contributed by atoms with Gasteiger partial charge in [-0.2, -0.15) is 0 Å². The van der Waals surface area contributed by atoms with Crippen molar-refractivity contribution in [2.75, 3.05) is 20.0 Å². The normalized spacial score (nSPS) is 16.5. The van der Waals surface area contributed by atoms with Crippen molar-refractivity contribution in [2.24, 2.45) is 4.99 Å². The fourth-order valence-electron chi connectivity index (χ4n) is 2.98. The van der Waals surface area contributed by atoms with E-state index < -0.39 is 7.26 Å². The van der Waals surface area contributed by atoms with Gasteiger partial charge in [0.1, 0.15) is 0 Å². The van der Waals surface area contributed by atoms with E-state index in [1.54, 1.807) is 0 Å². The zero-order valence-corrected chi connectivity index (χ0v) is 14.4. The van der Waals surface area contributed by atoms with Gasteiger partial charge >= 0.3 is 0 Å². The lowest BCUT2D eigenvalue weighted by Crippen LogP contribution is -2.27. The molecule has 0 aromatic heterocycles. The Morgan fingerprint density at radius 2 is 1.62 bits per heavy atom. The van der Waals surface area contributed by atoms with E-state index in [0.717, 1.165) is 5.69 Å². The average Bonchev–Trinajstić information content (AvgIpc) is 2.70. The summed E-state index contributed by atoms with van der Waals surface area (Å²) in [5.41, 5.74) is 4.89. The van der Waals surface area contributed by atoms with Gasteiger partial charge in [0.15, 0.2) is 0 Å². The highest BCUT2D eigenvalue weighted by Gasteiger charge is 2.36. The molecule has 0 saturated carbocycles. The maximum Gasteiger partial charge on any atom is 0.0937 e. The molecule has 0 unspecified atom stereocenters. The van der Waals surface area contributed by atoms with E-state index in [4.69, 9.17) is 4.99 Å². The standard InChI is InChI=1S/C19H23NP/c1-19(2)16-11-6-7-12-17(16)20-18(19)14-9-8-10-15(13-14)21(3,4)5/h6-13H,1-5H3/q+1. The lowest BCUT2D eigenvalue weighted by molar-refractivity contribution is 0.737. The molecule has 1 aliphatic rings. The molecule has 2 aromatic rings. The Labute approximate surface area is 128 Å². The molecule has 0 atom stereocenters. The summed E-state index contributed by atoms with van der Waals surface area (Å²) < 4.78 is 0. The van der Waals surface area contributed by atoms with Crippen LogP contribution in [0.25, 0.3) is 0 Å². The second-order valence-electron chi connectivity index (χ2n) is 7.17. The van der Waals surface area contributed by atoms with Gasteiger partial charge in [0.05, 0.1) is 36.7 Å². The number of benzene rings is 2. The number of hydrogen-bond acceptors (Lipinski definition) is 1. The molecule has 0 aliphatic carbocycles. The minimum Gasteiger partial charge on any atom is -0.252 e. The van der Waals surface area contributed by atoms with Gasteiger partial charge in [-0.25, -0.2) is 0 Å². The largest absolute Gasteiger partial charge is 0.252 e. The third kappa shape index (κ3) is 2.45. The molecule has 0 amide bonds. The van der Waals surface area contributed by atoms with Crippen LogP contribution in [0.4, 0.5) is 5.69 Å². The zero-order chi connectivity index (χ0) is 15.3. The van der Waals surface area contributed by atoms with Crippen molar-refractivity contribution in [3.8, 4) is 0 Å². The second-order valence-corrected chi connectivity index (χ2v) is 11.7. The maximum atomic E-state index is 4.93. The summed E-state index contributed by atoms with van der Waals surface area (Å²) in [6, 6.07) is 17.5. The molecule has 0 N–H and O–H groups in total. The molecule has 0 fully saturated rings. The minimum atomic E-state index is -1.01. The fourth-order valence-corrected chi connectivity index (χ4v) is 4.04. The molecule has 0 bridgehead atoms. The quantitative estimate of drug-likeness (QED) is 0.716. The molecular weight excluding hydrogens is 273 g/mol. The topological polar surface area (TPSA) is 12.4 Å². The molecule has 2 aromatic carbocycles. The average molecular weight is 296 g/mol. The first-order valence-corrected chi connectivity index (χ1v) is 10.5. The number of para-hydroxylation sites is 1. The van der Waals surface area contributed by atoms with E-state index >= 15 is 0 Å². The molecular formula is C19H23NP+. The first kappa shape index (κ1) is 14.5. The Morgan fingerprint density at radius 3 is 2.29 bits per heavy atom. The van der Waals surface area contributed by atoms with Crippen LogP contribution in [0.15, 0.2) is 53.5 Å². The van der Waals surface area contributed by atoms with Crippen LogP contribution in [-0.4, -0.2) is 25.7 Å². The molecule has 1 nitrogen and oxygen atoms in total. The summed E-state index contributed by atoms with van der Waals surface area (Å²) >= 11 is 0. The molecule has 2 heteroatoms. The Balaban J connectivity index is 2.11. The van der Waals surface area contributed by atoms with Gasteiger partial charge in [-0.05, 0) is 23.8 Å². The summed E-state index contributed by atoms with van der Waals surface area (Å²) in [7, 11) is -1.01. The number of fused-ring (bicyclic) bond motifs is 1. The van der Waals surface area contributed by atoms with Gasteiger partial charge in [-0.15, -0.1) is 0 Å². The molecule has 21 heavy (non-hydrogen) atoms. The van der Waals surface area contributed by atoms with E-state index in [1.165, 1.54) is 22.1 Å². The third-order valence-corrected chi connectivity index (χ3v) is 6.12. The van der Waals surface area contributed by atoms with Gasteiger partial charge < -0.3 is 0 Å². The van der Waals surface area contributed by atoms with Crippen LogP contribution < -0.4 is 5.30 Å². The van der Waals surface area contributed by atoms with Crippen LogP contribution in [0, 0.1) is 0 Å². The SMILES string of the molecule is CC1(C)C(c2cccc([P+](C)(C)C)c2)=Nc2ccccc21. The van der Waals surface area contributed by atoms with Gasteiger partial charge in [0.2, 0.25) is 0 Å². The predicted molar refractivity (Wildman–Crippen MR) is 96.4 cm³/mol. The summed E-state index contributed by atoms with van der Waals surface area (Å²) in [6.45, 7) is 11.6. The Morgan fingerprint density at radius 1 is 0.905 bits per heavy atom. The van der Waals surface area contributed by atoms with Crippen LogP contribution in [0.2, 0.25) is 0 Å². The Bertz CT molecular complexity index is 720. The van der Waals surface area contributed by atoms with E-state index in [1.807, 2.05) is 0 Å². The lowest BCUT2D eigenvalue weighted by atomic mass is 9.79. The highest BCUT2D eigenvalue weighted by atomic mass is 31.2.